The van der Waals surface area contributed by atoms with Crippen LogP contribution in [0.15, 0.2) is 158 Å². The van der Waals surface area contributed by atoms with E-state index in [1.54, 1.807) is 0 Å². The van der Waals surface area contributed by atoms with Crippen molar-refractivity contribution in [2.75, 3.05) is 0 Å². The van der Waals surface area contributed by atoms with Gasteiger partial charge in [0, 0.05) is 32.6 Å². The van der Waals surface area contributed by atoms with Gasteiger partial charge in [0.1, 0.15) is 0 Å². The number of rotatable bonds is 3. The molecule has 42 heavy (non-hydrogen) atoms. The molecular formula is C40H26N2. The molecule has 2 heterocycles. The second-order valence-electron chi connectivity index (χ2n) is 11.0. The van der Waals surface area contributed by atoms with Crippen LogP contribution in [0.1, 0.15) is 0 Å². The van der Waals surface area contributed by atoms with Crippen LogP contribution in [0.25, 0.3) is 76.9 Å². The van der Waals surface area contributed by atoms with E-state index >= 15 is 0 Å². The van der Waals surface area contributed by atoms with Crippen LogP contribution in [0.3, 0.4) is 0 Å². The zero-order valence-electron chi connectivity index (χ0n) is 22.9. The van der Waals surface area contributed by atoms with Crippen molar-refractivity contribution in [2.24, 2.45) is 0 Å². The van der Waals surface area contributed by atoms with Crippen LogP contribution in [0.5, 0.6) is 0 Å². The molecule has 0 atom stereocenters. The Morgan fingerprint density at radius 2 is 0.881 bits per heavy atom. The number of benzene rings is 7. The van der Waals surface area contributed by atoms with Gasteiger partial charge in [-0.3, -0.25) is 0 Å². The molecule has 0 spiro atoms. The zero-order valence-corrected chi connectivity index (χ0v) is 22.9. The molecule has 196 valence electrons. The summed E-state index contributed by atoms with van der Waals surface area (Å²) in [7, 11) is 0. The first-order chi connectivity index (χ1) is 20.9. The van der Waals surface area contributed by atoms with Crippen LogP contribution >= 0.6 is 0 Å². The number of hydrogen-bond donors (Lipinski definition) is 0. The minimum atomic E-state index is 1.17. The largest absolute Gasteiger partial charge is 0.309 e. The van der Waals surface area contributed by atoms with Gasteiger partial charge in [0.15, 0.2) is 0 Å². The van der Waals surface area contributed by atoms with Crippen molar-refractivity contribution >= 4 is 54.4 Å². The third-order valence-electron chi connectivity index (χ3n) is 8.69. The second kappa shape index (κ2) is 8.95. The second-order valence-corrected chi connectivity index (χ2v) is 11.0. The molecule has 0 aliphatic rings. The molecule has 2 aromatic heterocycles. The Balaban J connectivity index is 1.41. The van der Waals surface area contributed by atoms with E-state index in [2.05, 4.69) is 167 Å². The maximum Gasteiger partial charge on any atom is 0.0549 e. The molecule has 0 unspecified atom stereocenters. The molecule has 0 aliphatic heterocycles. The van der Waals surface area contributed by atoms with E-state index in [4.69, 9.17) is 0 Å². The van der Waals surface area contributed by atoms with Gasteiger partial charge in [-0.05, 0) is 59.0 Å². The van der Waals surface area contributed by atoms with Crippen molar-refractivity contribution in [3.63, 3.8) is 0 Å². The fraction of sp³-hybridized carbons (Fsp3) is 0. The summed E-state index contributed by atoms with van der Waals surface area (Å²) in [5.74, 6) is 0. The zero-order chi connectivity index (χ0) is 27.6. The first-order valence-corrected chi connectivity index (χ1v) is 14.5. The Kier molecular flexibility index (Phi) is 4.93. The molecular weight excluding hydrogens is 508 g/mol. The van der Waals surface area contributed by atoms with E-state index in [0.29, 0.717) is 0 Å². The van der Waals surface area contributed by atoms with Crippen LogP contribution in [0.2, 0.25) is 0 Å². The summed E-state index contributed by atoms with van der Waals surface area (Å²) >= 11 is 0. The third-order valence-corrected chi connectivity index (χ3v) is 8.69. The summed E-state index contributed by atoms with van der Waals surface area (Å²) < 4.78 is 4.88. The molecule has 0 saturated heterocycles. The number of aromatic nitrogens is 2. The van der Waals surface area contributed by atoms with E-state index in [-0.39, 0.29) is 0 Å². The Morgan fingerprint density at radius 1 is 0.333 bits per heavy atom. The van der Waals surface area contributed by atoms with Gasteiger partial charge in [0.2, 0.25) is 0 Å². The van der Waals surface area contributed by atoms with Crippen LogP contribution in [-0.4, -0.2) is 9.13 Å². The minimum Gasteiger partial charge on any atom is -0.309 e. The molecule has 2 nitrogen and oxygen atoms in total. The van der Waals surface area contributed by atoms with Crippen molar-refractivity contribution in [3.05, 3.63) is 158 Å². The molecule has 0 N–H and O–H groups in total. The van der Waals surface area contributed by atoms with Crippen LogP contribution in [0.4, 0.5) is 0 Å². The Hall–Kier alpha value is -5.60. The van der Waals surface area contributed by atoms with Gasteiger partial charge in [-0.25, -0.2) is 0 Å². The molecule has 0 aliphatic carbocycles. The fourth-order valence-electron chi connectivity index (χ4n) is 6.91. The van der Waals surface area contributed by atoms with Gasteiger partial charge in [0.25, 0.3) is 0 Å². The highest BCUT2D eigenvalue weighted by atomic mass is 15.0. The summed E-state index contributed by atoms with van der Waals surface area (Å²) in [5.41, 5.74) is 9.69. The lowest BCUT2D eigenvalue weighted by atomic mass is 10.0. The summed E-state index contributed by atoms with van der Waals surface area (Å²) in [4.78, 5) is 0. The van der Waals surface area contributed by atoms with Gasteiger partial charge in [0.05, 0.1) is 27.8 Å². The molecule has 7 aromatic carbocycles. The Morgan fingerprint density at radius 3 is 1.64 bits per heavy atom. The monoisotopic (exact) mass is 534 g/mol. The van der Waals surface area contributed by atoms with Crippen molar-refractivity contribution in [1.82, 2.24) is 9.13 Å². The van der Waals surface area contributed by atoms with E-state index < -0.39 is 0 Å². The van der Waals surface area contributed by atoms with E-state index in [0.717, 1.165) is 0 Å². The number of para-hydroxylation sites is 2. The Labute approximate surface area is 243 Å². The summed E-state index contributed by atoms with van der Waals surface area (Å²) in [5, 5.41) is 7.63. The number of fused-ring (bicyclic) bond motifs is 8. The van der Waals surface area contributed by atoms with Crippen molar-refractivity contribution in [1.29, 1.82) is 0 Å². The Bertz CT molecular complexity index is 2450. The fourth-order valence-corrected chi connectivity index (χ4v) is 6.91. The maximum absolute atomic E-state index is 2.45. The number of hydrogen-bond acceptors (Lipinski definition) is 0. The van der Waals surface area contributed by atoms with E-state index in [1.807, 2.05) is 0 Å². The van der Waals surface area contributed by atoms with E-state index in [1.165, 1.54) is 76.9 Å². The molecule has 0 saturated carbocycles. The van der Waals surface area contributed by atoms with Crippen LogP contribution in [0, 0.1) is 0 Å². The highest BCUT2D eigenvalue weighted by molar-refractivity contribution is 6.29. The highest BCUT2D eigenvalue weighted by Gasteiger charge is 2.21. The smallest absolute Gasteiger partial charge is 0.0549 e. The third kappa shape index (κ3) is 3.27. The summed E-state index contributed by atoms with van der Waals surface area (Å²) in [6.07, 6.45) is 0. The molecule has 0 amide bonds. The van der Waals surface area contributed by atoms with Gasteiger partial charge < -0.3 is 9.13 Å². The summed E-state index contributed by atoms with van der Waals surface area (Å²) in [6, 6.07) is 57.1. The normalized spacial score (nSPS) is 11.8. The molecule has 2 heteroatoms. The predicted octanol–water partition coefficient (Wildman–Crippen LogP) is 10.7. The molecule has 0 fully saturated rings. The maximum atomic E-state index is 2.45. The quantitative estimate of drug-likeness (QED) is 0.213. The molecule has 0 radical (unpaired) electrons. The van der Waals surface area contributed by atoms with Gasteiger partial charge in [-0.2, -0.15) is 0 Å². The van der Waals surface area contributed by atoms with Gasteiger partial charge in [-0.1, -0.05) is 115 Å². The highest BCUT2D eigenvalue weighted by Crippen LogP contribution is 2.43. The van der Waals surface area contributed by atoms with Crippen molar-refractivity contribution < 1.29 is 0 Å². The molecule has 9 aromatic rings. The lowest BCUT2D eigenvalue weighted by Crippen LogP contribution is -1.96. The lowest BCUT2D eigenvalue weighted by molar-refractivity contribution is 1.18. The molecule has 9 rings (SSSR count). The average molecular weight is 535 g/mol. The topological polar surface area (TPSA) is 9.86 Å². The first kappa shape index (κ1) is 23.1. The molecule has 0 bridgehead atoms. The van der Waals surface area contributed by atoms with Crippen molar-refractivity contribution in [2.45, 2.75) is 0 Å². The number of nitrogens with zero attached hydrogens (tertiary/aromatic N) is 2. The van der Waals surface area contributed by atoms with Crippen LogP contribution in [-0.2, 0) is 0 Å². The summed E-state index contributed by atoms with van der Waals surface area (Å²) in [6.45, 7) is 0. The predicted molar refractivity (Wildman–Crippen MR) is 178 cm³/mol. The van der Waals surface area contributed by atoms with Gasteiger partial charge in [-0.15, -0.1) is 0 Å². The average Bonchev–Trinajstić information content (AvgIpc) is 3.58. The van der Waals surface area contributed by atoms with Crippen LogP contribution < -0.4 is 0 Å². The standard InChI is InChI=1S/C40H26N2/c1-2-12-27(13-3-1)29-16-10-17-30(26-29)41-35-21-8-6-19-32(35)39-37(41)24-25-38-40(39)33-20-7-9-22-36(33)42(38)34-23-11-15-28-14-4-5-18-31(28)34/h1-26H. The first-order valence-electron chi connectivity index (χ1n) is 14.5. The van der Waals surface area contributed by atoms with Crippen molar-refractivity contribution in [3.8, 4) is 22.5 Å². The lowest BCUT2D eigenvalue weighted by Gasteiger charge is -2.12. The minimum absolute atomic E-state index is 1.17. The van der Waals surface area contributed by atoms with Gasteiger partial charge >= 0.3 is 0 Å². The SMILES string of the molecule is c1ccc(-c2cccc(-n3c4ccccc4c4c5c6ccccc6n(-c6cccc7ccccc67)c5ccc43)c2)cc1. The van der Waals surface area contributed by atoms with E-state index in [9.17, 15) is 0 Å².